The highest BCUT2D eigenvalue weighted by atomic mass is 16.5. The minimum Gasteiger partial charge on any atom is -0.482 e. The van der Waals surface area contributed by atoms with E-state index >= 15 is 0 Å². The summed E-state index contributed by atoms with van der Waals surface area (Å²) in [6, 6.07) is 7.30. The monoisotopic (exact) mass is 292 g/mol. The van der Waals surface area contributed by atoms with E-state index in [2.05, 4.69) is 5.32 Å². The van der Waals surface area contributed by atoms with Crippen LogP contribution in [0.15, 0.2) is 24.3 Å². The van der Waals surface area contributed by atoms with Gasteiger partial charge in [0.25, 0.3) is 5.91 Å². The van der Waals surface area contributed by atoms with Gasteiger partial charge in [0.1, 0.15) is 5.75 Å². The van der Waals surface area contributed by atoms with Crippen molar-refractivity contribution in [3.05, 3.63) is 24.3 Å². The first-order chi connectivity index (χ1) is 9.82. The quantitative estimate of drug-likeness (QED) is 0.877. The van der Waals surface area contributed by atoms with Crippen LogP contribution in [0.3, 0.4) is 0 Å². The van der Waals surface area contributed by atoms with E-state index in [1.807, 2.05) is 27.7 Å². The molecule has 0 radical (unpaired) electrons. The lowest BCUT2D eigenvalue weighted by molar-refractivity contribution is -0.136. The van der Waals surface area contributed by atoms with Gasteiger partial charge in [0.2, 0.25) is 5.91 Å². The summed E-state index contributed by atoms with van der Waals surface area (Å²) >= 11 is 0. The molecular formula is C16H24N2O3. The Morgan fingerprint density at radius 2 is 1.71 bits per heavy atom. The van der Waals surface area contributed by atoms with Crippen LogP contribution in [0.4, 0.5) is 5.69 Å². The lowest BCUT2D eigenvalue weighted by Gasteiger charge is -2.30. The number of nitrogens with zero attached hydrogens (tertiary/aromatic N) is 1. The zero-order chi connectivity index (χ0) is 16.0. The highest BCUT2D eigenvalue weighted by molar-refractivity contribution is 5.90. The molecule has 0 atom stereocenters. The summed E-state index contributed by atoms with van der Waals surface area (Å²) in [5.74, 6) is 0.245. The normalized spacial score (nSPS) is 10.6. The SMILES string of the molecule is CC(=O)Nc1ccccc1OCC(=O)N(C(C)C)C(C)C. The van der Waals surface area contributed by atoms with Gasteiger partial charge in [0.15, 0.2) is 6.61 Å². The van der Waals surface area contributed by atoms with Gasteiger partial charge >= 0.3 is 0 Å². The number of ether oxygens (including phenoxy) is 1. The second-order valence-electron chi connectivity index (χ2n) is 5.45. The minimum atomic E-state index is -0.177. The molecule has 21 heavy (non-hydrogen) atoms. The summed E-state index contributed by atoms with van der Waals surface area (Å²) in [5, 5.41) is 2.68. The van der Waals surface area contributed by atoms with Crippen molar-refractivity contribution in [1.29, 1.82) is 0 Å². The molecule has 0 bridgehead atoms. The molecule has 1 rings (SSSR count). The maximum absolute atomic E-state index is 12.2. The highest BCUT2D eigenvalue weighted by Gasteiger charge is 2.20. The van der Waals surface area contributed by atoms with Gasteiger partial charge in [-0.15, -0.1) is 0 Å². The zero-order valence-corrected chi connectivity index (χ0v) is 13.3. The minimum absolute atomic E-state index is 0.0487. The molecule has 0 aliphatic heterocycles. The van der Waals surface area contributed by atoms with Crippen LogP contribution < -0.4 is 10.1 Å². The largest absolute Gasteiger partial charge is 0.482 e. The van der Waals surface area contributed by atoms with Gasteiger partial charge in [-0.2, -0.15) is 0 Å². The van der Waals surface area contributed by atoms with Crippen molar-refractivity contribution in [2.45, 2.75) is 46.7 Å². The van der Waals surface area contributed by atoms with Crippen LogP contribution in [0.5, 0.6) is 5.75 Å². The summed E-state index contributed by atoms with van der Waals surface area (Å²) in [4.78, 5) is 25.2. The molecule has 0 saturated heterocycles. The second kappa shape index (κ2) is 7.67. The van der Waals surface area contributed by atoms with Crippen molar-refractivity contribution in [3.8, 4) is 5.75 Å². The molecule has 116 valence electrons. The molecule has 0 fully saturated rings. The van der Waals surface area contributed by atoms with Gasteiger partial charge < -0.3 is 15.0 Å². The number of carbonyl (C=O) groups is 2. The van der Waals surface area contributed by atoms with E-state index in [0.717, 1.165) is 0 Å². The van der Waals surface area contributed by atoms with E-state index in [4.69, 9.17) is 4.74 Å². The number of para-hydroxylation sites is 2. The third-order valence-corrected chi connectivity index (χ3v) is 2.95. The number of nitrogens with one attached hydrogen (secondary N) is 1. The molecule has 0 spiro atoms. The third-order valence-electron chi connectivity index (χ3n) is 2.95. The first kappa shape index (κ1) is 17.0. The molecule has 0 aliphatic carbocycles. The standard InChI is InChI=1S/C16H24N2O3/c1-11(2)18(12(3)4)16(20)10-21-15-9-7-6-8-14(15)17-13(5)19/h6-9,11-12H,10H2,1-5H3,(H,17,19). The number of hydrogen-bond acceptors (Lipinski definition) is 3. The highest BCUT2D eigenvalue weighted by Crippen LogP contribution is 2.23. The van der Waals surface area contributed by atoms with Gasteiger partial charge in [-0.25, -0.2) is 0 Å². The molecule has 2 amide bonds. The van der Waals surface area contributed by atoms with Crippen molar-refractivity contribution in [1.82, 2.24) is 4.90 Å². The summed E-state index contributed by atoms with van der Waals surface area (Å²) in [7, 11) is 0. The predicted octanol–water partition coefficient (Wildman–Crippen LogP) is 2.67. The Kier molecular flexibility index (Phi) is 6.21. The van der Waals surface area contributed by atoms with Crippen LogP contribution in [0.25, 0.3) is 0 Å². The summed E-state index contributed by atoms with van der Waals surface area (Å²) in [6.45, 7) is 9.28. The van der Waals surface area contributed by atoms with E-state index in [1.54, 1.807) is 29.2 Å². The Hall–Kier alpha value is -2.04. The van der Waals surface area contributed by atoms with Gasteiger partial charge in [-0.3, -0.25) is 9.59 Å². The average Bonchev–Trinajstić information content (AvgIpc) is 2.36. The van der Waals surface area contributed by atoms with Crippen molar-refractivity contribution in [2.24, 2.45) is 0 Å². The summed E-state index contributed by atoms with van der Waals surface area (Å²) in [6.07, 6.45) is 0. The van der Waals surface area contributed by atoms with Crippen LogP contribution in [-0.2, 0) is 9.59 Å². The van der Waals surface area contributed by atoms with E-state index < -0.39 is 0 Å². The predicted molar refractivity (Wildman–Crippen MR) is 83.4 cm³/mol. The topological polar surface area (TPSA) is 58.6 Å². The number of hydrogen-bond donors (Lipinski definition) is 1. The Bertz CT molecular complexity index is 490. The van der Waals surface area contributed by atoms with E-state index in [1.165, 1.54) is 6.92 Å². The molecule has 5 heteroatoms. The van der Waals surface area contributed by atoms with Crippen molar-refractivity contribution in [2.75, 3.05) is 11.9 Å². The molecule has 1 N–H and O–H groups in total. The first-order valence-electron chi connectivity index (χ1n) is 7.13. The molecule has 1 aromatic rings. The van der Waals surface area contributed by atoms with Crippen LogP contribution in [0.1, 0.15) is 34.6 Å². The third kappa shape index (κ3) is 5.10. The van der Waals surface area contributed by atoms with E-state index in [9.17, 15) is 9.59 Å². The average molecular weight is 292 g/mol. The Morgan fingerprint density at radius 1 is 1.14 bits per heavy atom. The van der Waals surface area contributed by atoms with Gasteiger partial charge in [-0.05, 0) is 39.8 Å². The Morgan fingerprint density at radius 3 is 2.24 bits per heavy atom. The Labute approximate surface area is 126 Å². The number of amides is 2. The fourth-order valence-corrected chi connectivity index (χ4v) is 2.27. The number of rotatable bonds is 6. The fraction of sp³-hybridized carbons (Fsp3) is 0.500. The van der Waals surface area contributed by atoms with Gasteiger partial charge in [0.05, 0.1) is 5.69 Å². The van der Waals surface area contributed by atoms with Crippen LogP contribution in [-0.4, -0.2) is 35.4 Å². The van der Waals surface area contributed by atoms with Crippen LogP contribution in [0.2, 0.25) is 0 Å². The zero-order valence-electron chi connectivity index (χ0n) is 13.3. The van der Waals surface area contributed by atoms with Gasteiger partial charge in [0, 0.05) is 19.0 Å². The molecule has 1 aromatic carbocycles. The Balaban J connectivity index is 2.75. The molecule has 5 nitrogen and oxygen atoms in total. The van der Waals surface area contributed by atoms with E-state index in [0.29, 0.717) is 11.4 Å². The molecule has 0 aromatic heterocycles. The lowest BCUT2D eigenvalue weighted by Crippen LogP contribution is -2.44. The fourth-order valence-electron chi connectivity index (χ4n) is 2.27. The molecule has 0 unspecified atom stereocenters. The first-order valence-corrected chi connectivity index (χ1v) is 7.13. The number of anilines is 1. The second-order valence-corrected chi connectivity index (χ2v) is 5.45. The summed E-state index contributed by atoms with van der Waals surface area (Å²) < 4.78 is 5.58. The number of benzene rings is 1. The maximum atomic E-state index is 12.2. The van der Waals surface area contributed by atoms with Crippen molar-refractivity contribution < 1.29 is 14.3 Å². The molecule has 0 saturated carbocycles. The molecule has 0 aliphatic rings. The van der Waals surface area contributed by atoms with Crippen LogP contribution >= 0.6 is 0 Å². The molecular weight excluding hydrogens is 268 g/mol. The van der Waals surface area contributed by atoms with E-state index in [-0.39, 0.29) is 30.5 Å². The maximum Gasteiger partial charge on any atom is 0.260 e. The van der Waals surface area contributed by atoms with Crippen LogP contribution in [0, 0.1) is 0 Å². The van der Waals surface area contributed by atoms with Gasteiger partial charge in [-0.1, -0.05) is 12.1 Å². The smallest absolute Gasteiger partial charge is 0.260 e. The lowest BCUT2D eigenvalue weighted by atomic mass is 10.2. The molecule has 0 heterocycles. The van der Waals surface area contributed by atoms with Crippen molar-refractivity contribution >= 4 is 17.5 Å². The summed E-state index contributed by atoms with van der Waals surface area (Å²) in [5.41, 5.74) is 0.568. The number of carbonyl (C=O) groups excluding carboxylic acids is 2. The van der Waals surface area contributed by atoms with Crippen molar-refractivity contribution in [3.63, 3.8) is 0 Å².